The second-order valence-corrected chi connectivity index (χ2v) is 13.5. The number of ether oxygens (including phenoxy) is 7. The fourth-order valence-electron chi connectivity index (χ4n) is 5.79. The van der Waals surface area contributed by atoms with Crippen molar-refractivity contribution in [3.8, 4) is 64.3 Å². The SMILES string of the molecule is COc1ccc(Oc2nc(Nc3ccc(C=Cc4ccc(Nc5nc(Oc6ccc(OC)cc6)nc(Oc6ccc(OC)cc6)n5)cc4)cc3)nc(Oc3ccc(CO)cc3)n2)cc1. The number of benzene rings is 6. The van der Waals surface area contributed by atoms with Gasteiger partial charge in [0, 0.05) is 11.4 Å². The van der Waals surface area contributed by atoms with Gasteiger partial charge in [-0.1, -0.05) is 48.6 Å². The molecule has 0 radical (unpaired) electrons. The first-order valence-corrected chi connectivity index (χ1v) is 19.7. The Morgan fingerprint density at radius 2 is 0.656 bits per heavy atom. The van der Waals surface area contributed by atoms with Crippen LogP contribution in [0, 0.1) is 0 Å². The molecule has 0 aliphatic heterocycles. The first kappa shape index (κ1) is 42.0. The summed E-state index contributed by atoms with van der Waals surface area (Å²) in [6.07, 6.45) is 4.00. The van der Waals surface area contributed by atoms with E-state index in [4.69, 9.17) is 33.2 Å². The Morgan fingerprint density at radius 1 is 0.375 bits per heavy atom. The molecule has 6 aromatic carbocycles. The number of methoxy groups -OCH3 is 3. The van der Waals surface area contributed by atoms with E-state index >= 15 is 0 Å². The van der Waals surface area contributed by atoms with Crippen molar-refractivity contribution in [3.63, 3.8) is 0 Å². The smallest absolute Gasteiger partial charge is 0.330 e. The van der Waals surface area contributed by atoms with Crippen LogP contribution in [0.1, 0.15) is 16.7 Å². The predicted molar refractivity (Wildman–Crippen MR) is 240 cm³/mol. The van der Waals surface area contributed by atoms with Gasteiger partial charge in [0.1, 0.15) is 40.2 Å². The fourth-order valence-corrected chi connectivity index (χ4v) is 5.79. The second kappa shape index (κ2) is 20.2. The van der Waals surface area contributed by atoms with E-state index in [0.717, 1.165) is 28.1 Å². The number of nitrogens with one attached hydrogen (secondary N) is 2. The van der Waals surface area contributed by atoms with Crippen LogP contribution in [0.4, 0.5) is 23.3 Å². The number of aliphatic hydroxyl groups is 1. The van der Waals surface area contributed by atoms with Crippen molar-refractivity contribution in [2.45, 2.75) is 6.61 Å². The minimum absolute atomic E-state index is 0.0128. The highest BCUT2D eigenvalue weighted by Gasteiger charge is 2.14. The van der Waals surface area contributed by atoms with Crippen LogP contribution in [0.15, 0.2) is 146 Å². The van der Waals surface area contributed by atoms with Crippen molar-refractivity contribution >= 4 is 35.4 Å². The molecule has 16 heteroatoms. The van der Waals surface area contributed by atoms with Gasteiger partial charge >= 0.3 is 24.0 Å². The second-order valence-electron chi connectivity index (χ2n) is 13.5. The summed E-state index contributed by atoms with van der Waals surface area (Å²) in [5.74, 6) is 4.46. The van der Waals surface area contributed by atoms with Crippen LogP contribution in [0.25, 0.3) is 12.2 Å². The lowest BCUT2D eigenvalue weighted by Gasteiger charge is -2.11. The van der Waals surface area contributed by atoms with Crippen LogP contribution >= 0.6 is 0 Å². The maximum absolute atomic E-state index is 9.42. The molecule has 0 spiro atoms. The van der Waals surface area contributed by atoms with Crippen LogP contribution in [-0.2, 0) is 6.61 Å². The Bertz CT molecular complexity index is 2470. The molecule has 0 unspecified atom stereocenters. The Morgan fingerprint density at radius 3 is 0.938 bits per heavy atom. The first-order valence-electron chi connectivity index (χ1n) is 19.7. The maximum Gasteiger partial charge on any atom is 0.330 e. The molecule has 0 saturated heterocycles. The summed E-state index contributed by atoms with van der Waals surface area (Å²) in [6, 6.07) is 43.6. The largest absolute Gasteiger partial charge is 0.497 e. The number of aliphatic hydroxyl groups excluding tert-OH is 1. The van der Waals surface area contributed by atoms with E-state index < -0.39 is 0 Å². The summed E-state index contributed by atoms with van der Waals surface area (Å²) in [7, 11) is 4.78. The molecule has 0 atom stereocenters. The van der Waals surface area contributed by atoms with E-state index in [9.17, 15) is 5.11 Å². The molecule has 8 rings (SSSR count). The van der Waals surface area contributed by atoms with Gasteiger partial charge in [0.2, 0.25) is 11.9 Å². The molecule has 0 bridgehead atoms. The minimum atomic E-state index is -0.0833. The average Bonchev–Trinajstić information content (AvgIpc) is 3.32. The van der Waals surface area contributed by atoms with Crippen LogP contribution in [0.3, 0.4) is 0 Å². The third-order valence-electron chi connectivity index (χ3n) is 9.11. The monoisotopic (exact) mass is 856 g/mol. The molecular formula is C48H40N8O8. The third-order valence-corrected chi connectivity index (χ3v) is 9.11. The van der Waals surface area contributed by atoms with Gasteiger partial charge in [0.15, 0.2) is 0 Å². The van der Waals surface area contributed by atoms with Gasteiger partial charge in [-0.05, 0) is 126 Å². The minimum Gasteiger partial charge on any atom is -0.497 e. The summed E-state index contributed by atoms with van der Waals surface area (Å²) in [5, 5.41) is 15.9. The third kappa shape index (κ3) is 11.5. The van der Waals surface area contributed by atoms with Gasteiger partial charge < -0.3 is 48.9 Å². The summed E-state index contributed by atoms with van der Waals surface area (Å²) >= 11 is 0. The molecule has 0 aliphatic carbocycles. The highest BCUT2D eigenvalue weighted by atomic mass is 16.5. The molecule has 8 aromatic rings. The lowest BCUT2D eigenvalue weighted by molar-refractivity contribution is 0.281. The van der Waals surface area contributed by atoms with Crippen molar-refractivity contribution in [2.24, 2.45) is 0 Å². The van der Waals surface area contributed by atoms with E-state index in [1.807, 2.05) is 60.7 Å². The molecule has 16 nitrogen and oxygen atoms in total. The van der Waals surface area contributed by atoms with E-state index in [1.54, 1.807) is 118 Å². The Kier molecular flexibility index (Phi) is 13.2. The van der Waals surface area contributed by atoms with Crippen molar-refractivity contribution < 1.29 is 38.3 Å². The zero-order valence-corrected chi connectivity index (χ0v) is 34.7. The van der Waals surface area contributed by atoms with Gasteiger partial charge in [0.05, 0.1) is 27.9 Å². The summed E-state index contributed by atoms with van der Waals surface area (Å²) < 4.78 is 39.6. The quantitative estimate of drug-likeness (QED) is 0.0691. The van der Waals surface area contributed by atoms with Crippen molar-refractivity contribution in [3.05, 3.63) is 162 Å². The zero-order chi connectivity index (χ0) is 44.1. The standard InChI is InChI=1S/C48H40N8O8/c1-58-36-18-24-40(25-19-36)62-46-52-43(51-45(55-46)61-39-16-10-33(30-57)11-17-39)49-34-12-6-31(7-13-34)4-5-32-8-14-35(15-9-32)50-44-53-47(63-41-26-20-37(59-2)21-27-41)56-48(54-44)64-42-28-22-38(60-3)23-29-42/h4-29,57H,30H2,1-3H3,(H,49,51,52,55)(H,50,53,54,56). The Labute approximate surface area is 367 Å². The lowest BCUT2D eigenvalue weighted by atomic mass is 10.1. The first-order chi connectivity index (χ1) is 31.4. The number of hydrogen-bond donors (Lipinski definition) is 3. The number of hydrogen-bond acceptors (Lipinski definition) is 16. The molecule has 64 heavy (non-hydrogen) atoms. The highest BCUT2D eigenvalue weighted by molar-refractivity contribution is 5.72. The van der Waals surface area contributed by atoms with Crippen molar-refractivity contribution in [2.75, 3.05) is 32.0 Å². The van der Waals surface area contributed by atoms with Crippen LogP contribution in [0.5, 0.6) is 64.3 Å². The summed E-state index contributed by atoms with van der Waals surface area (Å²) in [4.78, 5) is 26.6. The molecule has 3 N–H and O–H groups in total. The van der Waals surface area contributed by atoms with Crippen molar-refractivity contribution in [1.82, 2.24) is 29.9 Å². The summed E-state index contributed by atoms with van der Waals surface area (Å²) in [5.41, 5.74) is 4.12. The number of rotatable bonds is 18. The average molecular weight is 857 g/mol. The molecule has 0 saturated carbocycles. The van der Waals surface area contributed by atoms with Crippen LogP contribution < -0.4 is 43.8 Å². The van der Waals surface area contributed by atoms with Gasteiger partial charge in [-0.15, -0.1) is 9.97 Å². The van der Waals surface area contributed by atoms with Crippen LogP contribution in [-0.4, -0.2) is 56.3 Å². The van der Waals surface area contributed by atoms with Gasteiger partial charge in [-0.3, -0.25) is 0 Å². The Hall–Kier alpha value is -8.76. The molecule has 0 aliphatic rings. The number of aromatic nitrogens is 6. The van der Waals surface area contributed by atoms with Crippen molar-refractivity contribution in [1.29, 1.82) is 0 Å². The van der Waals surface area contributed by atoms with Gasteiger partial charge in [-0.2, -0.15) is 19.9 Å². The Balaban J connectivity index is 0.935. The maximum atomic E-state index is 9.42. The topological polar surface area (TPSA) is 186 Å². The molecule has 2 heterocycles. The molecule has 320 valence electrons. The summed E-state index contributed by atoms with van der Waals surface area (Å²) in [6.45, 7) is -0.0833. The molecule has 0 fully saturated rings. The molecule has 0 amide bonds. The number of nitrogens with zero attached hydrogens (tertiary/aromatic N) is 6. The van der Waals surface area contributed by atoms with E-state index in [0.29, 0.717) is 40.2 Å². The zero-order valence-electron chi connectivity index (χ0n) is 34.7. The molecule has 2 aromatic heterocycles. The normalized spacial score (nSPS) is 10.8. The lowest BCUT2D eigenvalue weighted by Crippen LogP contribution is -2.03. The highest BCUT2D eigenvalue weighted by Crippen LogP contribution is 2.29. The van der Waals surface area contributed by atoms with Crippen LogP contribution in [0.2, 0.25) is 0 Å². The predicted octanol–water partition coefficient (Wildman–Crippen LogP) is 10.4. The van der Waals surface area contributed by atoms with E-state index in [2.05, 4.69) is 40.5 Å². The van der Waals surface area contributed by atoms with Gasteiger partial charge in [-0.25, -0.2) is 0 Å². The molecular weight excluding hydrogens is 817 g/mol. The van der Waals surface area contributed by atoms with E-state index in [1.165, 1.54) is 0 Å². The fraction of sp³-hybridized carbons (Fsp3) is 0.0833. The van der Waals surface area contributed by atoms with E-state index in [-0.39, 0.29) is 42.5 Å². The number of anilines is 4. The van der Waals surface area contributed by atoms with Gasteiger partial charge in [0.25, 0.3) is 0 Å².